The lowest BCUT2D eigenvalue weighted by Crippen LogP contribution is -2.43. The molecule has 0 saturated heterocycles. The number of hydrogen-bond donors (Lipinski definition) is 2. The molecule has 1 aliphatic carbocycles. The van der Waals surface area contributed by atoms with Crippen molar-refractivity contribution in [3.05, 3.63) is 59.0 Å². The number of aliphatic hydroxyl groups is 1. The molecule has 1 amide bonds. The molecule has 1 fully saturated rings. The normalized spacial score (nSPS) is 17.6. The summed E-state index contributed by atoms with van der Waals surface area (Å²) < 4.78 is 5.18. The van der Waals surface area contributed by atoms with E-state index in [0.717, 1.165) is 31.2 Å². The van der Waals surface area contributed by atoms with Crippen molar-refractivity contribution in [2.45, 2.75) is 43.6 Å². The fraction of sp³-hybridized carbons (Fsp3) is 0.421. The molecule has 1 heterocycles. The van der Waals surface area contributed by atoms with Gasteiger partial charge in [0.1, 0.15) is 11.9 Å². The van der Waals surface area contributed by atoms with Crippen molar-refractivity contribution in [1.82, 2.24) is 5.32 Å². The molecule has 2 N–H and O–H groups in total. The maximum Gasteiger partial charge on any atom is 0.230 e. The Morgan fingerprint density at radius 3 is 2.58 bits per heavy atom. The molecule has 1 atom stereocenters. The van der Waals surface area contributed by atoms with Gasteiger partial charge in [0.15, 0.2) is 0 Å². The van der Waals surface area contributed by atoms with Crippen LogP contribution in [-0.2, 0) is 10.2 Å². The molecule has 2 aromatic rings. The van der Waals surface area contributed by atoms with E-state index in [1.807, 2.05) is 24.3 Å². The highest BCUT2D eigenvalue weighted by molar-refractivity contribution is 6.30. The van der Waals surface area contributed by atoms with Gasteiger partial charge in [-0.15, -0.1) is 0 Å². The Kier molecular flexibility index (Phi) is 5.27. The van der Waals surface area contributed by atoms with E-state index in [0.29, 0.717) is 23.7 Å². The number of carbonyl (C=O) groups excluding carboxylic acids is 1. The van der Waals surface area contributed by atoms with Crippen molar-refractivity contribution in [2.24, 2.45) is 0 Å². The van der Waals surface area contributed by atoms with Crippen LogP contribution in [-0.4, -0.2) is 17.6 Å². The Bertz CT molecular complexity index is 660. The van der Waals surface area contributed by atoms with E-state index in [1.54, 1.807) is 12.1 Å². The van der Waals surface area contributed by atoms with Crippen LogP contribution in [0.25, 0.3) is 0 Å². The van der Waals surface area contributed by atoms with Gasteiger partial charge in [-0.1, -0.05) is 36.6 Å². The molecule has 0 aliphatic heterocycles. The third-order valence-electron chi connectivity index (χ3n) is 4.86. The van der Waals surface area contributed by atoms with Gasteiger partial charge in [0.2, 0.25) is 5.91 Å². The molecular formula is C19H22ClNO3. The minimum atomic E-state index is -0.699. The predicted molar refractivity (Wildman–Crippen MR) is 92.9 cm³/mol. The average molecular weight is 348 g/mol. The van der Waals surface area contributed by atoms with Gasteiger partial charge in [-0.2, -0.15) is 0 Å². The summed E-state index contributed by atoms with van der Waals surface area (Å²) in [6.07, 6.45) is 5.05. The number of hydrogen-bond acceptors (Lipinski definition) is 3. The number of benzene rings is 1. The van der Waals surface area contributed by atoms with Crippen molar-refractivity contribution in [2.75, 3.05) is 6.54 Å². The van der Waals surface area contributed by atoms with Gasteiger partial charge in [-0.25, -0.2) is 0 Å². The molecule has 5 heteroatoms. The molecule has 4 nitrogen and oxygen atoms in total. The largest absolute Gasteiger partial charge is 0.467 e. The summed E-state index contributed by atoms with van der Waals surface area (Å²) in [6.45, 7) is 0.413. The number of aliphatic hydroxyl groups excluding tert-OH is 1. The Morgan fingerprint density at radius 2 is 1.96 bits per heavy atom. The zero-order valence-corrected chi connectivity index (χ0v) is 14.3. The topological polar surface area (TPSA) is 62.5 Å². The van der Waals surface area contributed by atoms with Crippen LogP contribution in [0.15, 0.2) is 47.1 Å². The van der Waals surface area contributed by atoms with E-state index in [-0.39, 0.29) is 5.91 Å². The third-order valence-corrected chi connectivity index (χ3v) is 5.12. The first-order valence-electron chi connectivity index (χ1n) is 8.38. The lowest BCUT2D eigenvalue weighted by Gasteiger charge is -2.28. The second-order valence-corrected chi connectivity index (χ2v) is 6.81. The number of nitrogens with one attached hydrogen (secondary N) is 1. The predicted octanol–water partition coefficient (Wildman–Crippen LogP) is 3.98. The van der Waals surface area contributed by atoms with E-state index in [9.17, 15) is 9.90 Å². The first-order chi connectivity index (χ1) is 11.6. The Labute approximate surface area is 146 Å². The van der Waals surface area contributed by atoms with Gasteiger partial charge >= 0.3 is 0 Å². The highest BCUT2D eigenvalue weighted by Crippen LogP contribution is 2.41. The van der Waals surface area contributed by atoms with Gasteiger partial charge < -0.3 is 14.8 Å². The summed E-state index contributed by atoms with van der Waals surface area (Å²) in [6, 6.07) is 11.1. The Morgan fingerprint density at radius 1 is 1.25 bits per heavy atom. The van der Waals surface area contributed by atoms with Crippen LogP contribution in [0.1, 0.15) is 49.5 Å². The average Bonchev–Trinajstić information content (AvgIpc) is 3.28. The number of furan rings is 1. The highest BCUT2D eigenvalue weighted by atomic mass is 35.5. The summed E-state index contributed by atoms with van der Waals surface area (Å²) in [5.74, 6) is 0.562. The van der Waals surface area contributed by atoms with Crippen molar-refractivity contribution in [1.29, 1.82) is 0 Å². The fourth-order valence-corrected chi connectivity index (χ4v) is 3.64. The maximum atomic E-state index is 12.9. The summed E-state index contributed by atoms with van der Waals surface area (Å²) >= 11 is 5.97. The molecule has 0 bridgehead atoms. The highest BCUT2D eigenvalue weighted by Gasteiger charge is 2.42. The van der Waals surface area contributed by atoms with Gasteiger partial charge in [0.05, 0.1) is 11.7 Å². The van der Waals surface area contributed by atoms with Crippen LogP contribution in [0, 0.1) is 0 Å². The summed E-state index contributed by atoms with van der Waals surface area (Å²) in [5.41, 5.74) is 0.550. The van der Waals surface area contributed by atoms with Crippen LogP contribution >= 0.6 is 11.6 Å². The molecule has 1 saturated carbocycles. The van der Waals surface area contributed by atoms with Crippen molar-refractivity contribution >= 4 is 17.5 Å². The lowest BCUT2D eigenvalue weighted by molar-refractivity contribution is -0.126. The molecular weight excluding hydrogens is 326 g/mol. The number of carbonyl (C=O) groups is 1. The van der Waals surface area contributed by atoms with Gasteiger partial charge in [0, 0.05) is 11.6 Å². The molecule has 24 heavy (non-hydrogen) atoms. The summed E-state index contributed by atoms with van der Waals surface area (Å²) in [7, 11) is 0. The number of rotatable bonds is 6. The first-order valence-corrected chi connectivity index (χ1v) is 8.75. The number of amides is 1. The quantitative estimate of drug-likeness (QED) is 0.830. The molecule has 128 valence electrons. The molecule has 0 radical (unpaired) electrons. The van der Waals surface area contributed by atoms with E-state index in [2.05, 4.69) is 5.32 Å². The van der Waals surface area contributed by atoms with E-state index in [1.165, 1.54) is 6.26 Å². The SMILES string of the molecule is O=C(NCC[C@H](O)c1ccco1)C1(c2ccc(Cl)cc2)CCCC1. The monoisotopic (exact) mass is 347 g/mol. The van der Waals surface area contributed by atoms with E-state index in [4.69, 9.17) is 16.0 Å². The van der Waals surface area contributed by atoms with Crippen molar-refractivity contribution in [3.8, 4) is 0 Å². The van der Waals surface area contributed by atoms with E-state index < -0.39 is 11.5 Å². The van der Waals surface area contributed by atoms with Crippen LogP contribution in [0.5, 0.6) is 0 Å². The second-order valence-electron chi connectivity index (χ2n) is 6.37. The molecule has 3 rings (SSSR count). The van der Waals surface area contributed by atoms with Crippen molar-refractivity contribution in [3.63, 3.8) is 0 Å². The molecule has 1 aromatic carbocycles. The van der Waals surface area contributed by atoms with Gasteiger partial charge in [-0.3, -0.25) is 4.79 Å². The van der Waals surface area contributed by atoms with Crippen LogP contribution in [0.2, 0.25) is 5.02 Å². The van der Waals surface area contributed by atoms with Crippen molar-refractivity contribution < 1.29 is 14.3 Å². The summed E-state index contributed by atoms with van der Waals surface area (Å²) in [4.78, 5) is 12.9. The van der Waals surface area contributed by atoms with Crippen LogP contribution < -0.4 is 5.32 Å². The smallest absolute Gasteiger partial charge is 0.230 e. The number of halogens is 1. The molecule has 1 aromatic heterocycles. The summed E-state index contributed by atoms with van der Waals surface area (Å²) in [5, 5.41) is 13.7. The van der Waals surface area contributed by atoms with Crippen LogP contribution in [0.3, 0.4) is 0 Å². The minimum absolute atomic E-state index is 0.0361. The minimum Gasteiger partial charge on any atom is -0.467 e. The molecule has 1 aliphatic rings. The second kappa shape index (κ2) is 7.41. The Hall–Kier alpha value is -1.78. The van der Waals surface area contributed by atoms with Gasteiger partial charge in [0.25, 0.3) is 0 Å². The van der Waals surface area contributed by atoms with E-state index >= 15 is 0 Å². The Balaban J connectivity index is 1.64. The lowest BCUT2D eigenvalue weighted by atomic mass is 9.78. The fourth-order valence-electron chi connectivity index (χ4n) is 3.51. The third kappa shape index (κ3) is 3.50. The molecule has 0 spiro atoms. The van der Waals surface area contributed by atoms with Crippen LogP contribution in [0.4, 0.5) is 0 Å². The zero-order valence-electron chi connectivity index (χ0n) is 13.5. The van der Waals surface area contributed by atoms with Gasteiger partial charge in [-0.05, 0) is 49.1 Å². The molecule has 0 unspecified atom stereocenters. The zero-order chi connectivity index (χ0) is 17.0. The maximum absolute atomic E-state index is 12.9. The first kappa shape index (κ1) is 17.1. The standard InChI is InChI=1S/C19H22ClNO3/c20-15-7-5-14(6-8-15)19(10-1-2-11-19)18(23)21-12-9-16(22)17-4-3-13-24-17/h3-8,13,16,22H,1-2,9-12H2,(H,21,23)/t16-/m0/s1.